The zero-order chi connectivity index (χ0) is 27.7. The number of hydrogen-bond donors (Lipinski definition) is 3. The molecule has 2 aliphatic carbocycles. The lowest BCUT2D eigenvalue weighted by Gasteiger charge is -2.54. The highest BCUT2D eigenvalue weighted by Crippen LogP contribution is 2.49. The molecule has 2 saturated carbocycles. The van der Waals surface area contributed by atoms with Crippen molar-refractivity contribution in [1.82, 2.24) is 20.5 Å². The van der Waals surface area contributed by atoms with E-state index in [1.54, 1.807) is 12.4 Å². The molecule has 0 unspecified atom stereocenters. The molecular formula is C28H36F2N6O3. The lowest BCUT2D eigenvalue weighted by atomic mass is 9.71. The maximum atomic E-state index is 15.1. The Bertz CT molecular complexity index is 1150. The number of halogens is 2. The summed E-state index contributed by atoms with van der Waals surface area (Å²) in [6.07, 6.45) is 7.42. The maximum absolute atomic E-state index is 15.1. The first kappa shape index (κ1) is 27.3. The molecule has 3 saturated heterocycles. The van der Waals surface area contributed by atoms with Crippen LogP contribution in [0, 0.1) is 36.0 Å². The number of aromatic nitrogens is 1. The second-order valence-corrected chi connectivity index (χ2v) is 11.7. The second kappa shape index (κ2) is 11.1. The van der Waals surface area contributed by atoms with Crippen molar-refractivity contribution in [3.8, 4) is 6.07 Å². The molecule has 0 radical (unpaired) electrons. The first-order valence-electron chi connectivity index (χ1n) is 14.0. The highest BCUT2D eigenvalue weighted by atomic mass is 19.3. The predicted molar refractivity (Wildman–Crippen MR) is 138 cm³/mol. The number of piperidine rings is 3. The smallest absolute Gasteiger partial charge is 0.255 e. The molecule has 210 valence electrons. The first-order valence-corrected chi connectivity index (χ1v) is 14.0. The van der Waals surface area contributed by atoms with Gasteiger partial charge in [-0.1, -0.05) is 12.8 Å². The fourth-order valence-electron chi connectivity index (χ4n) is 6.49. The number of hydrogen-bond acceptors (Lipinski definition) is 6. The molecule has 0 aromatic carbocycles. The van der Waals surface area contributed by atoms with Crippen molar-refractivity contribution in [3.05, 3.63) is 24.0 Å². The summed E-state index contributed by atoms with van der Waals surface area (Å²) in [4.78, 5) is 45.5. The number of anilines is 1. The zero-order valence-corrected chi connectivity index (χ0v) is 22.2. The van der Waals surface area contributed by atoms with Gasteiger partial charge < -0.3 is 20.9 Å². The van der Waals surface area contributed by atoms with Crippen LogP contribution in [-0.2, 0) is 14.4 Å². The minimum atomic E-state index is -3.09. The van der Waals surface area contributed by atoms with Crippen molar-refractivity contribution in [1.29, 1.82) is 5.26 Å². The topological polar surface area (TPSA) is 127 Å². The summed E-state index contributed by atoms with van der Waals surface area (Å²) in [5.41, 5.74) is 1.58. The van der Waals surface area contributed by atoms with E-state index in [2.05, 4.69) is 20.9 Å². The third kappa shape index (κ3) is 5.99. The number of rotatable bonds is 9. The molecule has 6 rings (SSSR count). The fraction of sp³-hybridized carbons (Fsp3) is 0.679. The van der Waals surface area contributed by atoms with Crippen molar-refractivity contribution in [2.75, 3.05) is 11.9 Å². The Kier molecular flexibility index (Phi) is 7.74. The average Bonchev–Trinajstić information content (AvgIpc) is 3.72. The summed E-state index contributed by atoms with van der Waals surface area (Å²) in [5.74, 6) is -5.77. The molecule has 11 heteroatoms. The number of nitrogens with zero attached hydrogens (tertiary/aromatic N) is 3. The van der Waals surface area contributed by atoms with Crippen LogP contribution in [0.15, 0.2) is 18.5 Å². The van der Waals surface area contributed by atoms with Gasteiger partial charge in [0.15, 0.2) is 0 Å². The Morgan fingerprint density at radius 2 is 2.03 bits per heavy atom. The van der Waals surface area contributed by atoms with Crippen LogP contribution >= 0.6 is 0 Å². The van der Waals surface area contributed by atoms with Crippen LogP contribution in [0.1, 0.15) is 63.4 Å². The third-order valence-electron chi connectivity index (χ3n) is 8.63. The van der Waals surface area contributed by atoms with Crippen LogP contribution < -0.4 is 16.0 Å². The summed E-state index contributed by atoms with van der Waals surface area (Å²) in [7, 11) is 0. The van der Waals surface area contributed by atoms with Crippen molar-refractivity contribution in [2.24, 2.45) is 17.8 Å². The molecule has 4 heterocycles. The van der Waals surface area contributed by atoms with E-state index in [9.17, 15) is 19.6 Å². The van der Waals surface area contributed by atoms with E-state index in [0.717, 1.165) is 24.8 Å². The standard InChI is InChI=1S/C28H36F2N6O3/c1-16-9-20(15-32-14-16)34-23(10-17-4-5-17)27(39)36-21-6-7-22(28(29,30)12-21)24(36)26(38)35-19(13-31)11-18-3-2-8-33-25(18)37/h9,14-15,17-19,21-24,34H,2-8,10-12H2,1H3,(H,33,37)(H,35,38)/t18-,19-,21-,22-,23-,24-/m0/s1. The van der Waals surface area contributed by atoms with Gasteiger partial charge in [0.2, 0.25) is 17.7 Å². The Morgan fingerprint density at radius 3 is 2.69 bits per heavy atom. The molecule has 9 nitrogen and oxygen atoms in total. The van der Waals surface area contributed by atoms with E-state index < -0.39 is 54.3 Å². The molecule has 1 aromatic rings. The highest BCUT2D eigenvalue weighted by molar-refractivity contribution is 5.92. The summed E-state index contributed by atoms with van der Waals surface area (Å²) in [5, 5.41) is 18.4. The Morgan fingerprint density at radius 1 is 1.23 bits per heavy atom. The number of nitrogens with one attached hydrogen (secondary N) is 3. The van der Waals surface area contributed by atoms with Gasteiger partial charge in [0.25, 0.3) is 5.92 Å². The number of pyridine rings is 1. The van der Waals surface area contributed by atoms with E-state index in [1.165, 1.54) is 4.90 Å². The molecule has 0 spiro atoms. The lowest BCUT2D eigenvalue weighted by molar-refractivity contribution is -0.194. The number of alkyl halides is 2. The van der Waals surface area contributed by atoms with E-state index in [-0.39, 0.29) is 24.7 Å². The Labute approximate surface area is 227 Å². The van der Waals surface area contributed by atoms with Gasteiger partial charge in [-0.3, -0.25) is 19.4 Å². The largest absolute Gasteiger partial charge is 0.372 e. The van der Waals surface area contributed by atoms with Crippen molar-refractivity contribution in [2.45, 2.75) is 94.8 Å². The molecule has 5 aliphatic rings. The zero-order valence-electron chi connectivity index (χ0n) is 22.2. The van der Waals surface area contributed by atoms with Crippen molar-refractivity contribution in [3.63, 3.8) is 0 Å². The van der Waals surface area contributed by atoms with Crippen LogP contribution in [-0.4, -0.2) is 64.2 Å². The second-order valence-electron chi connectivity index (χ2n) is 11.7. The molecule has 1 aromatic heterocycles. The van der Waals surface area contributed by atoms with Gasteiger partial charge in [0.1, 0.15) is 18.1 Å². The number of fused-ring (bicyclic) bond motifs is 3. The van der Waals surface area contributed by atoms with Gasteiger partial charge in [-0.15, -0.1) is 0 Å². The fourth-order valence-corrected chi connectivity index (χ4v) is 6.49. The number of aryl methyl sites for hydroxylation is 1. The predicted octanol–water partition coefficient (Wildman–Crippen LogP) is 2.91. The third-order valence-corrected chi connectivity index (χ3v) is 8.63. The lowest BCUT2D eigenvalue weighted by Crippen LogP contribution is -2.70. The first-order chi connectivity index (χ1) is 18.7. The van der Waals surface area contributed by atoms with Crippen LogP contribution in [0.25, 0.3) is 0 Å². The number of carbonyl (C=O) groups is 3. The van der Waals surface area contributed by atoms with E-state index in [0.29, 0.717) is 37.4 Å². The number of carbonyl (C=O) groups excluding carboxylic acids is 3. The Balaban J connectivity index is 1.38. The van der Waals surface area contributed by atoms with E-state index in [4.69, 9.17) is 0 Å². The van der Waals surface area contributed by atoms with E-state index >= 15 is 8.78 Å². The quantitative estimate of drug-likeness (QED) is 0.440. The minimum absolute atomic E-state index is 0.103. The van der Waals surface area contributed by atoms with Gasteiger partial charge in [0.05, 0.1) is 17.7 Å². The number of nitriles is 1. The van der Waals surface area contributed by atoms with Crippen LogP contribution in [0.4, 0.5) is 14.5 Å². The van der Waals surface area contributed by atoms with Crippen LogP contribution in [0.2, 0.25) is 0 Å². The van der Waals surface area contributed by atoms with Crippen molar-refractivity contribution < 1.29 is 23.2 Å². The summed E-state index contributed by atoms with van der Waals surface area (Å²) >= 11 is 0. The summed E-state index contributed by atoms with van der Waals surface area (Å²) in [6, 6.07) is 0.0543. The van der Waals surface area contributed by atoms with Crippen LogP contribution in [0.3, 0.4) is 0 Å². The molecule has 39 heavy (non-hydrogen) atoms. The molecule has 6 atom stereocenters. The van der Waals surface area contributed by atoms with Gasteiger partial charge in [-0.05, 0) is 63.0 Å². The minimum Gasteiger partial charge on any atom is -0.372 e. The maximum Gasteiger partial charge on any atom is 0.255 e. The SMILES string of the molecule is Cc1cncc(N[C@@H](CC2CC2)C(=O)N2[C@H]3CC[C@@H]([C@H]2C(=O)N[C@H](C#N)C[C@@H]2CCCNC2=O)C(F)(F)C3)c1. The van der Waals surface area contributed by atoms with Gasteiger partial charge >= 0.3 is 0 Å². The Hall–Kier alpha value is -3.29. The van der Waals surface area contributed by atoms with E-state index in [1.807, 2.05) is 19.1 Å². The normalized spacial score (nSPS) is 29.1. The average molecular weight is 543 g/mol. The number of amides is 3. The summed E-state index contributed by atoms with van der Waals surface area (Å²) in [6.45, 7) is 2.47. The van der Waals surface area contributed by atoms with Crippen molar-refractivity contribution >= 4 is 23.4 Å². The highest BCUT2D eigenvalue weighted by Gasteiger charge is 2.61. The molecule has 2 bridgehead atoms. The molecular weight excluding hydrogens is 506 g/mol. The van der Waals surface area contributed by atoms with Crippen LogP contribution in [0.5, 0.6) is 0 Å². The monoisotopic (exact) mass is 542 g/mol. The van der Waals surface area contributed by atoms with Gasteiger partial charge in [-0.25, -0.2) is 8.78 Å². The van der Waals surface area contributed by atoms with Gasteiger partial charge in [0, 0.05) is 37.3 Å². The molecule has 3 amide bonds. The molecule has 5 fully saturated rings. The van der Waals surface area contributed by atoms with Gasteiger partial charge in [-0.2, -0.15) is 5.26 Å². The molecule has 3 N–H and O–H groups in total. The summed E-state index contributed by atoms with van der Waals surface area (Å²) < 4.78 is 30.3. The molecule has 3 aliphatic heterocycles.